The van der Waals surface area contributed by atoms with Gasteiger partial charge in [0, 0.05) is 21.5 Å². The zero-order chi connectivity index (χ0) is 30.2. The molecule has 10 rings (SSSR count). The van der Waals surface area contributed by atoms with Crippen molar-refractivity contribution in [3.8, 4) is 33.4 Å². The molecule has 0 fully saturated rings. The fraction of sp³-hybridized carbons (Fsp3) is 0. The summed E-state index contributed by atoms with van der Waals surface area (Å²) in [4.78, 5) is 0. The lowest BCUT2D eigenvalue weighted by molar-refractivity contribution is 0.664. The molecule has 46 heavy (non-hydrogen) atoms. The van der Waals surface area contributed by atoms with Crippen LogP contribution in [0.4, 0.5) is 0 Å². The molecule has 2 nitrogen and oxygen atoms in total. The first-order valence-corrected chi connectivity index (χ1v) is 15.7. The predicted molar refractivity (Wildman–Crippen MR) is 192 cm³/mol. The van der Waals surface area contributed by atoms with E-state index in [1.807, 2.05) is 18.2 Å². The number of rotatable bonds is 3. The van der Waals surface area contributed by atoms with E-state index >= 15 is 0 Å². The van der Waals surface area contributed by atoms with Crippen LogP contribution in [0, 0.1) is 0 Å². The highest BCUT2D eigenvalue weighted by atomic mass is 16.3. The minimum absolute atomic E-state index is 0.869. The standard InChI is InChI=1S/C44H26O2/c1-2-12-27(13-3-1)29-14-4-5-16-31(29)44-34-19-8-6-17-32(34)43(33-18-7-9-20-35(33)44)28-22-23-40-36(24-28)38-26-41-37(25-42(38)46-40)30-15-10-11-21-39(30)45-41/h1-26H. The first-order valence-electron chi connectivity index (χ1n) is 15.7. The summed E-state index contributed by atoms with van der Waals surface area (Å²) >= 11 is 0. The van der Waals surface area contributed by atoms with Crippen LogP contribution in [0.25, 0.3) is 98.8 Å². The molecule has 0 spiro atoms. The lowest BCUT2D eigenvalue weighted by Crippen LogP contribution is -1.92. The zero-order valence-corrected chi connectivity index (χ0v) is 24.8. The summed E-state index contributed by atoms with van der Waals surface area (Å²) in [7, 11) is 0. The number of fused-ring (bicyclic) bond motifs is 8. The Labute approximate surface area is 264 Å². The van der Waals surface area contributed by atoms with Crippen molar-refractivity contribution in [1.82, 2.24) is 0 Å². The maximum absolute atomic E-state index is 6.44. The van der Waals surface area contributed by atoms with Crippen LogP contribution in [0.1, 0.15) is 0 Å². The molecule has 0 bridgehead atoms. The van der Waals surface area contributed by atoms with E-state index in [4.69, 9.17) is 8.83 Å². The maximum Gasteiger partial charge on any atom is 0.136 e. The Morgan fingerprint density at radius 1 is 0.261 bits per heavy atom. The first kappa shape index (κ1) is 25.2. The summed E-state index contributed by atoms with van der Waals surface area (Å²) in [6.45, 7) is 0. The molecule has 0 amide bonds. The molecule has 2 heterocycles. The fourth-order valence-electron chi connectivity index (χ4n) is 7.45. The van der Waals surface area contributed by atoms with Gasteiger partial charge in [-0.05, 0) is 85.3 Å². The third kappa shape index (κ3) is 3.65. The van der Waals surface area contributed by atoms with Crippen molar-refractivity contribution >= 4 is 65.4 Å². The van der Waals surface area contributed by atoms with Crippen molar-refractivity contribution in [2.24, 2.45) is 0 Å². The summed E-state index contributed by atoms with van der Waals surface area (Å²) in [5, 5.41) is 9.25. The lowest BCUT2D eigenvalue weighted by Gasteiger charge is -2.19. The second kappa shape index (κ2) is 9.69. The van der Waals surface area contributed by atoms with Gasteiger partial charge in [-0.3, -0.25) is 0 Å². The van der Waals surface area contributed by atoms with Crippen molar-refractivity contribution in [3.05, 3.63) is 158 Å². The van der Waals surface area contributed by atoms with Crippen LogP contribution in [0.5, 0.6) is 0 Å². The lowest BCUT2D eigenvalue weighted by atomic mass is 9.83. The van der Waals surface area contributed by atoms with Gasteiger partial charge < -0.3 is 8.83 Å². The van der Waals surface area contributed by atoms with E-state index in [9.17, 15) is 0 Å². The third-order valence-electron chi connectivity index (χ3n) is 9.47. The highest BCUT2D eigenvalue weighted by Crippen LogP contribution is 2.47. The summed E-state index contributed by atoms with van der Waals surface area (Å²) in [6.07, 6.45) is 0. The number of para-hydroxylation sites is 1. The van der Waals surface area contributed by atoms with Crippen LogP contribution < -0.4 is 0 Å². The third-order valence-corrected chi connectivity index (χ3v) is 9.47. The molecule has 0 saturated heterocycles. The van der Waals surface area contributed by atoms with Crippen molar-refractivity contribution in [2.45, 2.75) is 0 Å². The van der Waals surface area contributed by atoms with E-state index in [1.165, 1.54) is 49.4 Å². The Kier molecular flexibility index (Phi) is 5.31. The summed E-state index contributed by atoms with van der Waals surface area (Å²) in [6, 6.07) is 56.2. The van der Waals surface area contributed by atoms with Crippen LogP contribution in [0.2, 0.25) is 0 Å². The molecule has 0 unspecified atom stereocenters. The molecule has 2 heteroatoms. The van der Waals surface area contributed by atoms with Gasteiger partial charge in [0.25, 0.3) is 0 Å². The van der Waals surface area contributed by atoms with Crippen molar-refractivity contribution < 1.29 is 8.83 Å². The number of hydrogen-bond acceptors (Lipinski definition) is 2. The summed E-state index contributed by atoms with van der Waals surface area (Å²) in [5.41, 5.74) is 10.8. The van der Waals surface area contributed by atoms with Gasteiger partial charge in [0.15, 0.2) is 0 Å². The second-order valence-electron chi connectivity index (χ2n) is 12.0. The Hall–Kier alpha value is -6.12. The van der Waals surface area contributed by atoms with Crippen LogP contribution in [0.15, 0.2) is 167 Å². The average Bonchev–Trinajstić information content (AvgIpc) is 3.66. The van der Waals surface area contributed by atoms with E-state index in [0.717, 1.165) is 49.4 Å². The largest absolute Gasteiger partial charge is 0.456 e. The maximum atomic E-state index is 6.44. The second-order valence-corrected chi connectivity index (χ2v) is 12.0. The van der Waals surface area contributed by atoms with Crippen molar-refractivity contribution in [2.75, 3.05) is 0 Å². The SMILES string of the molecule is c1ccc(-c2ccccc2-c2c3ccccc3c(-c3ccc4oc5cc6c(cc5c4c3)oc3ccccc36)c3ccccc23)cc1. The molecule has 0 N–H and O–H groups in total. The Bertz CT molecular complexity index is 2740. The molecule has 0 radical (unpaired) electrons. The molecule has 0 aliphatic heterocycles. The minimum atomic E-state index is 0.869. The highest BCUT2D eigenvalue weighted by molar-refractivity contribution is 6.23. The molecule has 214 valence electrons. The number of furan rings is 2. The smallest absolute Gasteiger partial charge is 0.136 e. The highest BCUT2D eigenvalue weighted by Gasteiger charge is 2.20. The molecule has 8 aromatic carbocycles. The quantitative estimate of drug-likeness (QED) is 0.193. The summed E-state index contributed by atoms with van der Waals surface area (Å²) in [5.74, 6) is 0. The van der Waals surface area contributed by atoms with Gasteiger partial charge in [-0.1, -0.05) is 127 Å². The molecule has 0 saturated carbocycles. The minimum Gasteiger partial charge on any atom is -0.456 e. The normalized spacial score (nSPS) is 11.9. The first-order chi connectivity index (χ1) is 22.8. The van der Waals surface area contributed by atoms with Crippen molar-refractivity contribution in [1.29, 1.82) is 0 Å². The molecular weight excluding hydrogens is 560 g/mol. The zero-order valence-electron chi connectivity index (χ0n) is 24.8. The van der Waals surface area contributed by atoms with Gasteiger partial charge in [0.2, 0.25) is 0 Å². The number of benzene rings is 8. The van der Waals surface area contributed by atoms with Crippen LogP contribution in [-0.4, -0.2) is 0 Å². The van der Waals surface area contributed by atoms with E-state index in [0.29, 0.717) is 0 Å². The predicted octanol–water partition coefficient (Wildman–Crippen LogP) is 12.8. The van der Waals surface area contributed by atoms with Crippen LogP contribution in [-0.2, 0) is 0 Å². The monoisotopic (exact) mass is 586 g/mol. The Morgan fingerprint density at radius 3 is 1.41 bits per heavy atom. The van der Waals surface area contributed by atoms with Gasteiger partial charge in [0.05, 0.1) is 0 Å². The van der Waals surface area contributed by atoms with Gasteiger partial charge >= 0.3 is 0 Å². The van der Waals surface area contributed by atoms with Crippen LogP contribution in [0.3, 0.4) is 0 Å². The molecule has 2 aromatic heterocycles. The molecular formula is C44H26O2. The summed E-state index contributed by atoms with van der Waals surface area (Å²) < 4.78 is 12.7. The van der Waals surface area contributed by atoms with Gasteiger partial charge in [-0.2, -0.15) is 0 Å². The Morgan fingerprint density at radius 2 is 0.739 bits per heavy atom. The van der Waals surface area contributed by atoms with Gasteiger partial charge in [0.1, 0.15) is 22.3 Å². The van der Waals surface area contributed by atoms with Gasteiger partial charge in [-0.25, -0.2) is 0 Å². The Balaban J connectivity index is 1.26. The average molecular weight is 587 g/mol. The molecule has 0 atom stereocenters. The molecule has 0 aliphatic carbocycles. The molecule has 10 aromatic rings. The van der Waals surface area contributed by atoms with Crippen LogP contribution >= 0.6 is 0 Å². The van der Waals surface area contributed by atoms with E-state index < -0.39 is 0 Å². The van der Waals surface area contributed by atoms with Crippen molar-refractivity contribution in [3.63, 3.8) is 0 Å². The number of hydrogen-bond donors (Lipinski definition) is 0. The van der Waals surface area contributed by atoms with E-state index in [2.05, 4.69) is 140 Å². The fourth-order valence-corrected chi connectivity index (χ4v) is 7.45. The van der Waals surface area contributed by atoms with E-state index in [-0.39, 0.29) is 0 Å². The van der Waals surface area contributed by atoms with E-state index in [1.54, 1.807) is 0 Å². The molecule has 0 aliphatic rings. The van der Waals surface area contributed by atoms with Gasteiger partial charge in [-0.15, -0.1) is 0 Å². The topological polar surface area (TPSA) is 26.3 Å².